The van der Waals surface area contributed by atoms with Gasteiger partial charge in [-0.25, -0.2) is 0 Å². The summed E-state index contributed by atoms with van der Waals surface area (Å²) in [6.07, 6.45) is 0.567. The fourth-order valence-electron chi connectivity index (χ4n) is 4.56. The summed E-state index contributed by atoms with van der Waals surface area (Å²) in [6, 6.07) is 17.1. The number of hydrogen-bond acceptors (Lipinski definition) is 5. The maximum atomic E-state index is 13.6. The lowest BCUT2D eigenvalue weighted by atomic mass is 9.62. The normalized spacial score (nSPS) is 23.9. The van der Waals surface area contributed by atoms with Crippen molar-refractivity contribution in [2.24, 2.45) is 10.8 Å². The monoisotopic (exact) mass is 465 g/mol. The van der Waals surface area contributed by atoms with E-state index in [9.17, 15) is 14.4 Å². The van der Waals surface area contributed by atoms with Crippen molar-refractivity contribution < 1.29 is 23.9 Å². The highest BCUT2D eigenvalue weighted by molar-refractivity contribution is 5.94. The summed E-state index contributed by atoms with van der Waals surface area (Å²) in [7, 11) is 0. The van der Waals surface area contributed by atoms with Crippen LogP contribution in [0.2, 0.25) is 0 Å². The van der Waals surface area contributed by atoms with Gasteiger partial charge >= 0.3 is 5.97 Å². The van der Waals surface area contributed by atoms with Gasteiger partial charge in [-0.15, -0.1) is 0 Å². The Bertz CT molecular complexity index is 1010. The number of ketones is 1. The molecule has 0 aromatic heterocycles. The number of rotatable bonds is 8. The molecule has 0 bridgehead atoms. The number of carbonyl (C=O) groups excluding carboxylic acids is 3. The number of Topliss-reactive ketones (excluding diaryl/α,β-unsaturated/α-hetero) is 1. The van der Waals surface area contributed by atoms with Crippen molar-refractivity contribution in [1.29, 1.82) is 0 Å². The highest BCUT2D eigenvalue weighted by Crippen LogP contribution is 2.46. The number of anilines is 1. The second kappa shape index (κ2) is 10.5. The molecule has 1 aliphatic heterocycles. The van der Waals surface area contributed by atoms with Gasteiger partial charge in [0.25, 0.3) is 0 Å². The van der Waals surface area contributed by atoms with E-state index in [1.807, 2.05) is 82.3 Å². The fraction of sp³-hybridized carbons (Fsp3) is 0.464. The second-order valence-electron chi connectivity index (χ2n) is 9.98. The van der Waals surface area contributed by atoms with E-state index >= 15 is 0 Å². The summed E-state index contributed by atoms with van der Waals surface area (Å²) in [5.74, 6) is -0.492. The zero-order valence-corrected chi connectivity index (χ0v) is 20.7. The van der Waals surface area contributed by atoms with Gasteiger partial charge in [-0.1, -0.05) is 56.3 Å². The molecule has 1 aliphatic rings. The SMILES string of the molecule is CC(=O)Nc1ccc(CC[C@@H]2O[C@H](C)C(C)(C)C(=O)[C@]2(C)CC(=O)OCc2ccccc2)cc1. The van der Waals surface area contributed by atoms with Crippen LogP contribution in [0.25, 0.3) is 0 Å². The molecule has 182 valence electrons. The first-order valence-electron chi connectivity index (χ1n) is 11.8. The minimum absolute atomic E-state index is 0.0268. The lowest BCUT2D eigenvalue weighted by molar-refractivity contribution is -0.192. The van der Waals surface area contributed by atoms with Crippen LogP contribution in [0.15, 0.2) is 54.6 Å². The third kappa shape index (κ3) is 5.92. The predicted octanol–water partition coefficient (Wildman–Crippen LogP) is 5.10. The van der Waals surface area contributed by atoms with Crippen molar-refractivity contribution >= 4 is 23.3 Å². The Kier molecular flexibility index (Phi) is 7.93. The third-order valence-electron chi connectivity index (χ3n) is 6.92. The molecule has 6 heteroatoms. The van der Waals surface area contributed by atoms with Crippen LogP contribution in [0.5, 0.6) is 0 Å². The van der Waals surface area contributed by atoms with Gasteiger partial charge in [0.05, 0.1) is 24.0 Å². The topological polar surface area (TPSA) is 81.7 Å². The standard InChI is InChI=1S/C28H35NO5/c1-19-27(3,4)26(32)28(5,17-25(31)33-18-22-9-7-6-8-10-22)24(34-19)16-13-21-11-14-23(15-12-21)29-20(2)30/h6-12,14-15,19,24H,13,16-18H2,1-5H3,(H,29,30)/t19-,24+,28-/m1/s1. The minimum Gasteiger partial charge on any atom is -0.461 e. The average molecular weight is 466 g/mol. The van der Waals surface area contributed by atoms with Gasteiger partial charge in [0.1, 0.15) is 12.4 Å². The Morgan fingerprint density at radius 1 is 1.00 bits per heavy atom. The van der Waals surface area contributed by atoms with E-state index in [-0.39, 0.29) is 30.8 Å². The van der Waals surface area contributed by atoms with Crippen molar-refractivity contribution in [2.75, 3.05) is 5.32 Å². The molecular formula is C28H35NO5. The van der Waals surface area contributed by atoms with Gasteiger partial charge in [0.15, 0.2) is 0 Å². The van der Waals surface area contributed by atoms with E-state index in [4.69, 9.17) is 9.47 Å². The maximum Gasteiger partial charge on any atom is 0.307 e. The third-order valence-corrected chi connectivity index (χ3v) is 6.92. The van der Waals surface area contributed by atoms with E-state index in [1.165, 1.54) is 6.92 Å². The van der Waals surface area contributed by atoms with Crippen molar-refractivity contribution in [3.63, 3.8) is 0 Å². The average Bonchev–Trinajstić information content (AvgIpc) is 2.80. The number of benzene rings is 2. The van der Waals surface area contributed by atoms with Crippen molar-refractivity contribution in [2.45, 2.75) is 72.7 Å². The molecule has 2 aromatic rings. The van der Waals surface area contributed by atoms with E-state index in [1.54, 1.807) is 0 Å². The van der Waals surface area contributed by atoms with Gasteiger partial charge < -0.3 is 14.8 Å². The Morgan fingerprint density at radius 2 is 1.65 bits per heavy atom. The fourth-order valence-corrected chi connectivity index (χ4v) is 4.56. The van der Waals surface area contributed by atoms with Gasteiger partial charge in [-0.05, 0) is 49.9 Å². The highest BCUT2D eigenvalue weighted by Gasteiger charge is 2.56. The number of esters is 1. The molecule has 0 unspecified atom stereocenters. The highest BCUT2D eigenvalue weighted by atomic mass is 16.5. The van der Waals surface area contributed by atoms with Crippen LogP contribution in [-0.2, 0) is 36.9 Å². The lowest BCUT2D eigenvalue weighted by Crippen LogP contribution is -2.59. The first-order chi connectivity index (χ1) is 16.0. The second-order valence-corrected chi connectivity index (χ2v) is 9.98. The zero-order valence-electron chi connectivity index (χ0n) is 20.7. The largest absolute Gasteiger partial charge is 0.461 e. The molecule has 6 nitrogen and oxygen atoms in total. The van der Waals surface area contributed by atoms with Crippen LogP contribution in [0.3, 0.4) is 0 Å². The number of ether oxygens (including phenoxy) is 2. The Hall–Kier alpha value is -2.99. The van der Waals surface area contributed by atoms with E-state index in [2.05, 4.69) is 5.32 Å². The van der Waals surface area contributed by atoms with Gasteiger partial charge in [-0.3, -0.25) is 14.4 Å². The molecule has 1 saturated heterocycles. The molecule has 2 aromatic carbocycles. The van der Waals surface area contributed by atoms with Crippen molar-refractivity contribution in [1.82, 2.24) is 0 Å². The van der Waals surface area contributed by atoms with E-state index in [0.717, 1.165) is 16.8 Å². The van der Waals surface area contributed by atoms with Crippen LogP contribution in [0.4, 0.5) is 5.69 Å². The van der Waals surface area contributed by atoms with Crippen LogP contribution in [0, 0.1) is 10.8 Å². The van der Waals surface area contributed by atoms with Crippen LogP contribution >= 0.6 is 0 Å². The molecule has 0 aliphatic carbocycles. The van der Waals surface area contributed by atoms with Crippen molar-refractivity contribution in [3.05, 3.63) is 65.7 Å². The molecule has 0 radical (unpaired) electrons. The summed E-state index contributed by atoms with van der Waals surface area (Å²) >= 11 is 0. The van der Waals surface area contributed by atoms with E-state index < -0.39 is 22.9 Å². The van der Waals surface area contributed by atoms with Gasteiger partial charge in [-0.2, -0.15) is 0 Å². The Balaban J connectivity index is 1.71. The predicted molar refractivity (Wildman–Crippen MR) is 131 cm³/mol. The number of amides is 1. The molecule has 1 fully saturated rings. The minimum atomic E-state index is -0.986. The number of hydrogen-bond donors (Lipinski definition) is 1. The first-order valence-corrected chi connectivity index (χ1v) is 11.8. The van der Waals surface area contributed by atoms with Crippen LogP contribution in [0.1, 0.15) is 58.6 Å². The Morgan fingerprint density at radius 3 is 2.26 bits per heavy atom. The molecule has 0 saturated carbocycles. The number of aryl methyl sites for hydroxylation is 1. The molecule has 3 rings (SSSR count). The summed E-state index contributed by atoms with van der Waals surface area (Å²) in [5, 5.41) is 2.76. The van der Waals surface area contributed by atoms with Crippen LogP contribution in [-0.4, -0.2) is 29.9 Å². The molecule has 34 heavy (non-hydrogen) atoms. The first kappa shape index (κ1) is 25.6. The number of nitrogens with one attached hydrogen (secondary N) is 1. The maximum absolute atomic E-state index is 13.6. The van der Waals surface area contributed by atoms with Crippen LogP contribution < -0.4 is 5.32 Å². The van der Waals surface area contributed by atoms with Crippen molar-refractivity contribution in [3.8, 4) is 0 Å². The molecule has 1 N–H and O–H groups in total. The quantitative estimate of drug-likeness (QED) is 0.549. The lowest BCUT2D eigenvalue weighted by Gasteiger charge is -2.49. The smallest absolute Gasteiger partial charge is 0.307 e. The summed E-state index contributed by atoms with van der Waals surface area (Å²) in [5.41, 5.74) is 1.02. The number of carbonyl (C=O) groups is 3. The molecule has 1 heterocycles. The molecule has 0 spiro atoms. The molecular weight excluding hydrogens is 430 g/mol. The van der Waals surface area contributed by atoms with Gasteiger partial charge in [0.2, 0.25) is 5.91 Å². The molecule has 3 atom stereocenters. The summed E-state index contributed by atoms with van der Waals surface area (Å²) < 4.78 is 11.9. The van der Waals surface area contributed by atoms with Gasteiger partial charge in [0, 0.05) is 18.0 Å². The van der Waals surface area contributed by atoms with E-state index in [0.29, 0.717) is 12.8 Å². The molecule has 1 amide bonds. The Labute approximate surface area is 202 Å². The summed E-state index contributed by atoms with van der Waals surface area (Å²) in [4.78, 5) is 37.7. The summed E-state index contributed by atoms with van der Waals surface area (Å²) in [6.45, 7) is 9.16. The zero-order chi connectivity index (χ0) is 24.9.